The van der Waals surface area contributed by atoms with Crippen molar-refractivity contribution in [1.29, 1.82) is 0 Å². The average Bonchev–Trinajstić information content (AvgIpc) is 3.05. The minimum Gasteiger partial charge on any atom is -0.493 e. The van der Waals surface area contributed by atoms with Crippen molar-refractivity contribution in [2.45, 2.75) is 0 Å². The number of benzene rings is 2. The maximum Gasteiger partial charge on any atom is 0.283 e. The van der Waals surface area contributed by atoms with Gasteiger partial charge in [-0.2, -0.15) is 9.61 Å². The van der Waals surface area contributed by atoms with Gasteiger partial charge in [-0.25, -0.2) is 4.98 Å². The van der Waals surface area contributed by atoms with Crippen molar-refractivity contribution in [3.63, 3.8) is 0 Å². The molecular weight excluding hydrogens is 326 g/mol. The molecule has 0 N–H and O–H groups in total. The Bertz CT molecular complexity index is 1120. The molecule has 0 saturated carbocycles. The minimum absolute atomic E-state index is 0.181. The molecule has 0 bridgehead atoms. The first-order valence-electron chi connectivity index (χ1n) is 7.23. The molecule has 0 saturated heterocycles. The van der Waals surface area contributed by atoms with Crippen LogP contribution in [0.3, 0.4) is 0 Å². The van der Waals surface area contributed by atoms with Crippen LogP contribution >= 0.6 is 11.3 Å². The van der Waals surface area contributed by atoms with Crippen molar-refractivity contribution in [2.75, 3.05) is 14.2 Å². The van der Waals surface area contributed by atoms with Gasteiger partial charge in [-0.05, 0) is 24.3 Å². The summed E-state index contributed by atoms with van der Waals surface area (Å²) in [6.45, 7) is 0. The van der Waals surface area contributed by atoms with E-state index in [2.05, 4.69) is 10.1 Å². The Hall–Kier alpha value is -2.93. The van der Waals surface area contributed by atoms with Gasteiger partial charge in [0.1, 0.15) is 0 Å². The number of para-hydroxylation sites is 2. The van der Waals surface area contributed by atoms with Crippen LogP contribution in [0.15, 0.2) is 47.3 Å². The first kappa shape index (κ1) is 14.6. The quantitative estimate of drug-likeness (QED) is 0.574. The summed E-state index contributed by atoms with van der Waals surface area (Å²) in [7, 11) is 3.16. The topological polar surface area (TPSA) is 65.7 Å². The summed E-state index contributed by atoms with van der Waals surface area (Å²) in [5.41, 5.74) is 1.24. The molecule has 4 rings (SSSR count). The molecule has 0 amide bonds. The molecule has 24 heavy (non-hydrogen) atoms. The summed E-state index contributed by atoms with van der Waals surface area (Å²) in [5, 5.41) is 5.63. The van der Waals surface area contributed by atoms with Crippen molar-refractivity contribution in [3.8, 4) is 22.1 Å². The van der Waals surface area contributed by atoms with E-state index in [-0.39, 0.29) is 5.56 Å². The third-order valence-corrected chi connectivity index (χ3v) is 4.68. The molecule has 0 unspecified atom stereocenters. The number of rotatable bonds is 3. The van der Waals surface area contributed by atoms with E-state index < -0.39 is 0 Å². The standard InChI is InChI=1S/C17H13N3O3S/c1-22-13-9-5-7-11(14(13)23-2)15-19-20-16(21)10-6-3-4-8-12(10)18-17(20)24-15/h3-9H,1-2H3. The SMILES string of the molecule is COc1cccc(-c2nn3c(=O)c4ccccc4nc3s2)c1OC. The fraction of sp³-hybridized carbons (Fsp3) is 0.118. The molecule has 2 aromatic heterocycles. The lowest BCUT2D eigenvalue weighted by Crippen LogP contribution is -2.14. The van der Waals surface area contributed by atoms with Crippen LogP contribution in [0.25, 0.3) is 26.4 Å². The van der Waals surface area contributed by atoms with Gasteiger partial charge in [0.05, 0.1) is 30.7 Å². The second kappa shape index (κ2) is 5.61. The highest BCUT2D eigenvalue weighted by Crippen LogP contribution is 2.39. The van der Waals surface area contributed by atoms with Crippen molar-refractivity contribution >= 4 is 27.2 Å². The molecule has 0 radical (unpaired) electrons. The Morgan fingerprint density at radius 3 is 2.67 bits per heavy atom. The van der Waals surface area contributed by atoms with Crippen LogP contribution in [0.1, 0.15) is 0 Å². The average molecular weight is 339 g/mol. The maximum absolute atomic E-state index is 12.6. The number of fused-ring (bicyclic) bond motifs is 2. The molecule has 0 atom stereocenters. The van der Waals surface area contributed by atoms with Gasteiger partial charge in [-0.1, -0.05) is 29.5 Å². The lowest BCUT2D eigenvalue weighted by molar-refractivity contribution is 0.356. The third kappa shape index (κ3) is 2.13. The zero-order valence-electron chi connectivity index (χ0n) is 13.0. The number of methoxy groups -OCH3 is 2. The fourth-order valence-electron chi connectivity index (χ4n) is 2.62. The maximum atomic E-state index is 12.6. The van der Waals surface area contributed by atoms with Gasteiger partial charge in [-0.3, -0.25) is 4.79 Å². The largest absolute Gasteiger partial charge is 0.493 e. The van der Waals surface area contributed by atoms with Gasteiger partial charge in [0.15, 0.2) is 16.5 Å². The summed E-state index contributed by atoms with van der Waals surface area (Å²) >= 11 is 1.33. The first-order valence-corrected chi connectivity index (χ1v) is 8.04. The van der Waals surface area contributed by atoms with Gasteiger partial charge < -0.3 is 9.47 Å². The second-order valence-corrected chi connectivity index (χ2v) is 6.03. The summed E-state index contributed by atoms with van der Waals surface area (Å²) in [5.74, 6) is 1.19. The predicted octanol–water partition coefficient (Wildman–Crippen LogP) is 2.99. The zero-order chi connectivity index (χ0) is 16.7. The van der Waals surface area contributed by atoms with Crippen molar-refractivity contribution < 1.29 is 9.47 Å². The van der Waals surface area contributed by atoms with Crippen molar-refractivity contribution in [3.05, 3.63) is 52.8 Å². The van der Waals surface area contributed by atoms with Crippen LogP contribution in [0.5, 0.6) is 11.5 Å². The van der Waals surface area contributed by atoms with Crippen LogP contribution in [-0.4, -0.2) is 28.8 Å². The molecule has 0 fully saturated rings. The second-order valence-electron chi connectivity index (χ2n) is 5.08. The number of nitrogens with zero attached hydrogens (tertiary/aromatic N) is 3. The Morgan fingerprint density at radius 1 is 1.04 bits per heavy atom. The van der Waals surface area contributed by atoms with E-state index in [0.29, 0.717) is 32.4 Å². The molecule has 0 aliphatic carbocycles. The monoisotopic (exact) mass is 339 g/mol. The van der Waals surface area contributed by atoms with Crippen LogP contribution in [0.2, 0.25) is 0 Å². The van der Waals surface area contributed by atoms with E-state index in [0.717, 1.165) is 5.56 Å². The van der Waals surface area contributed by atoms with Gasteiger partial charge in [0, 0.05) is 0 Å². The number of hydrogen-bond donors (Lipinski definition) is 0. The molecule has 6 nitrogen and oxygen atoms in total. The highest BCUT2D eigenvalue weighted by Gasteiger charge is 2.17. The molecular formula is C17H13N3O3S. The van der Waals surface area contributed by atoms with Crippen molar-refractivity contribution in [2.24, 2.45) is 0 Å². The van der Waals surface area contributed by atoms with Crippen LogP contribution in [0, 0.1) is 0 Å². The van der Waals surface area contributed by atoms with Crippen LogP contribution < -0.4 is 15.0 Å². The van der Waals surface area contributed by atoms with Crippen LogP contribution in [0.4, 0.5) is 0 Å². The van der Waals surface area contributed by atoms with Crippen LogP contribution in [-0.2, 0) is 0 Å². The Labute approximate surface area is 140 Å². The highest BCUT2D eigenvalue weighted by molar-refractivity contribution is 7.19. The normalized spacial score (nSPS) is 11.1. The number of aromatic nitrogens is 3. The molecule has 0 aliphatic heterocycles. The highest BCUT2D eigenvalue weighted by atomic mass is 32.1. The Balaban J connectivity index is 2.01. The van der Waals surface area contributed by atoms with Gasteiger partial charge in [0.25, 0.3) is 5.56 Å². The number of hydrogen-bond acceptors (Lipinski definition) is 6. The van der Waals surface area contributed by atoms with E-state index in [1.54, 1.807) is 20.3 Å². The molecule has 0 aliphatic rings. The smallest absolute Gasteiger partial charge is 0.283 e. The molecule has 7 heteroatoms. The van der Waals surface area contributed by atoms with E-state index in [1.165, 1.54) is 15.9 Å². The minimum atomic E-state index is -0.181. The number of ether oxygens (including phenoxy) is 2. The van der Waals surface area contributed by atoms with Gasteiger partial charge in [-0.15, -0.1) is 0 Å². The third-order valence-electron chi connectivity index (χ3n) is 3.74. The lowest BCUT2D eigenvalue weighted by Gasteiger charge is -2.10. The van der Waals surface area contributed by atoms with E-state index in [4.69, 9.17) is 9.47 Å². The molecule has 2 heterocycles. The molecule has 120 valence electrons. The lowest BCUT2D eigenvalue weighted by atomic mass is 10.2. The summed E-state index contributed by atoms with van der Waals surface area (Å²) in [6, 6.07) is 12.8. The van der Waals surface area contributed by atoms with Gasteiger partial charge in [0.2, 0.25) is 4.96 Å². The zero-order valence-corrected chi connectivity index (χ0v) is 13.8. The van der Waals surface area contributed by atoms with E-state index >= 15 is 0 Å². The molecule has 2 aromatic carbocycles. The molecule has 0 spiro atoms. The first-order chi connectivity index (χ1) is 11.7. The van der Waals surface area contributed by atoms with E-state index in [1.807, 2.05) is 36.4 Å². The Kier molecular flexibility index (Phi) is 3.42. The van der Waals surface area contributed by atoms with Gasteiger partial charge >= 0.3 is 0 Å². The molecule has 4 aromatic rings. The van der Waals surface area contributed by atoms with E-state index in [9.17, 15) is 4.79 Å². The summed E-state index contributed by atoms with van der Waals surface area (Å²) in [4.78, 5) is 17.7. The Morgan fingerprint density at radius 2 is 1.88 bits per heavy atom. The van der Waals surface area contributed by atoms with Crippen molar-refractivity contribution in [1.82, 2.24) is 14.6 Å². The summed E-state index contributed by atoms with van der Waals surface area (Å²) in [6.07, 6.45) is 0. The fourth-order valence-corrected chi connectivity index (χ4v) is 3.54. The predicted molar refractivity (Wildman–Crippen MR) is 93.2 cm³/mol. The summed E-state index contributed by atoms with van der Waals surface area (Å²) < 4.78 is 12.1.